The van der Waals surface area contributed by atoms with Gasteiger partial charge in [-0.25, -0.2) is 9.78 Å². The Bertz CT molecular complexity index is 1380. The van der Waals surface area contributed by atoms with Crippen molar-refractivity contribution in [1.29, 1.82) is 0 Å². The Morgan fingerprint density at radius 2 is 1.76 bits per heavy atom. The van der Waals surface area contributed by atoms with Gasteiger partial charge in [0.25, 0.3) is 0 Å². The number of hydrogen-bond donors (Lipinski definition) is 3. The molecule has 4 aromatic rings. The first kappa shape index (κ1) is 24.1. The zero-order valence-corrected chi connectivity index (χ0v) is 20.4. The summed E-state index contributed by atoms with van der Waals surface area (Å²) in [4.78, 5) is 29.2. The molecular formula is C29H29N5O3. The van der Waals surface area contributed by atoms with Gasteiger partial charge in [0.15, 0.2) is 0 Å². The molecule has 0 aliphatic carbocycles. The Hall–Kier alpha value is -4.59. The first-order chi connectivity index (χ1) is 18.0. The van der Waals surface area contributed by atoms with Crippen molar-refractivity contribution in [3.8, 4) is 22.9 Å². The van der Waals surface area contributed by atoms with Crippen LogP contribution in [0.3, 0.4) is 0 Å². The molecule has 2 heterocycles. The lowest BCUT2D eigenvalue weighted by Gasteiger charge is -2.19. The van der Waals surface area contributed by atoms with Crippen molar-refractivity contribution >= 4 is 17.6 Å². The second-order valence-corrected chi connectivity index (χ2v) is 9.06. The maximum atomic E-state index is 12.9. The number of para-hydroxylation sites is 1. The van der Waals surface area contributed by atoms with Gasteiger partial charge in [-0.15, -0.1) is 0 Å². The monoisotopic (exact) mass is 495 g/mol. The van der Waals surface area contributed by atoms with Gasteiger partial charge in [-0.05, 0) is 73.4 Å². The lowest BCUT2D eigenvalue weighted by Crippen LogP contribution is -2.35. The molecule has 1 atom stereocenters. The number of anilines is 1. The number of amides is 3. The number of hydrogen-bond acceptors (Lipinski definition) is 4. The molecule has 1 unspecified atom stereocenters. The highest BCUT2D eigenvalue weighted by atomic mass is 16.5. The van der Waals surface area contributed by atoms with E-state index in [9.17, 15) is 9.59 Å². The molecule has 37 heavy (non-hydrogen) atoms. The highest BCUT2D eigenvalue weighted by Crippen LogP contribution is 2.28. The van der Waals surface area contributed by atoms with Gasteiger partial charge in [0.2, 0.25) is 5.91 Å². The van der Waals surface area contributed by atoms with Crippen LogP contribution < -0.4 is 21.1 Å². The van der Waals surface area contributed by atoms with Gasteiger partial charge >= 0.3 is 6.03 Å². The fourth-order valence-electron chi connectivity index (χ4n) is 4.61. The van der Waals surface area contributed by atoms with E-state index in [1.54, 1.807) is 6.07 Å². The Kier molecular flexibility index (Phi) is 7.16. The third kappa shape index (κ3) is 5.98. The number of carbonyl (C=O) groups excluding carboxylic acids is 2. The van der Waals surface area contributed by atoms with Gasteiger partial charge < -0.3 is 25.7 Å². The fourth-order valence-corrected chi connectivity index (χ4v) is 4.61. The number of nitrogens with two attached hydrogens (primary N) is 1. The summed E-state index contributed by atoms with van der Waals surface area (Å²) in [6, 6.07) is 23.0. The minimum absolute atomic E-state index is 0.00719. The van der Waals surface area contributed by atoms with Crippen LogP contribution in [0.2, 0.25) is 0 Å². The van der Waals surface area contributed by atoms with Crippen LogP contribution in [-0.4, -0.2) is 21.5 Å². The number of aryl methyl sites for hydroxylation is 1. The molecule has 4 N–H and O–H groups in total. The van der Waals surface area contributed by atoms with Crippen LogP contribution >= 0.6 is 0 Å². The van der Waals surface area contributed by atoms with Crippen LogP contribution in [0.4, 0.5) is 10.5 Å². The Labute approximate surface area is 215 Å². The zero-order valence-electron chi connectivity index (χ0n) is 20.4. The molecule has 8 heteroatoms. The molecule has 0 fully saturated rings. The number of rotatable bonds is 8. The molecule has 188 valence electrons. The van der Waals surface area contributed by atoms with Gasteiger partial charge in [0.05, 0.1) is 12.5 Å². The van der Waals surface area contributed by atoms with E-state index in [-0.39, 0.29) is 12.3 Å². The minimum Gasteiger partial charge on any atom is -0.457 e. The zero-order chi connectivity index (χ0) is 25.6. The van der Waals surface area contributed by atoms with Crippen LogP contribution in [0.15, 0.2) is 85.1 Å². The van der Waals surface area contributed by atoms with E-state index >= 15 is 0 Å². The van der Waals surface area contributed by atoms with Gasteiger partial charge in [-0.2, -0.15) is 0 Å². The molecule has 0 radical (unpaired) electrons. The summed E-state index contributed by atoms with van der Waals surface area (Å²) in [5, 5.41) is 5.59. The number of nitrogens with zero attached hydrogens (tertiary/aromatic N) is 2. The van der Waals surface area contributed by atoms with Crippen molar-refractivity contribution in [3.63, 3.8) is 0 Å². The molecule has 8 nitrogen and oxygen atoms in total. The van der Waals surface area contributed by atoms with Crippen molar-refractivity contribution in [2.24, 2.45) is 5.73 Å². The van der Waals surface area contributed by atoms with Crippen LogP contribution in [-0.2, 0) is 17.8 Å². The summed E-state index contributed by atoms with van der Waals surface area (Å²) in [6.07, 6.45) is 5.38. The fraction of sp³-hybridized carbons (Fsp3) is 0.207. The number of carbonyl (C=O) groups is 2. The van der Waals surface area contributed by atoms with Crippen LogP contribution in [0.5, 0.6) is 11.5 Å². The maximum Gasteiger partial charge on any atom is 0.312 e. The molecule has 3 amide bonds. The molecule has 0 saturated heterocycles. The number of urea groups is 1. The molecule has 3 aromatic carbocycles. The molecular weight excluding hydrogens is 466 g/mol. The Morgan fingerprint density at radius 3 is 2.54 bits per heavy atom. The predicted octanol–water partition coefficient (Wildman–Crippen LogP) is 5.42. The summed E-state index contributed by atoms with van der Waals surface area (Å²) in [5.74, 6) is 1.99. The second-order valence-electron chi connectivity index (χ2n) is 9.06. The molecule has 0 saturated carbocycles. The smallest absolute Gasteiger partial charge is 0.312 e. The summed E-state index contributed by atoms with van der Waals surface area (Å²) in [7, 11) is 0. The SMILES string of the molecule is NC(=O)NC(CC(=O)Nc1ccc(-c2ncc3n2CCCC3)cc1)c1cccc(Oc2ccccc2)c1. The summed E-state index contributed by atoms with van der Waals surface area (Å²) >= 11 is 0. The van der Waals surface area contributed by atoms with E-state index in [2.05, 4.69) is 20.2 Å². The number of nitrogens with one attached hydrogen (secondary N) is 2. The molecule has 0 bridgehead atoms. The molecule has 0 spiro atoms. The molecule has 1 aliphatic heterocycles. The normalized spacial score (nSPS) is 13.3. The minimum atomic E-state index is -0.709. The maximum absolute atomic E-state index is 12.9. The summed E-state index contributed by atoms with van der Waals surface area (Å²) < 4.78 is 8.17. The quantitative estimate of drug-likeness (QED) is 0.303. The lowest BCUT2D eigenvalue weighted by molar-refractivity contribution is -0.116. The van der Waals surface area contributed by atoms with E-state index in [4.69, 9.17) is 10.5 Å². The number of ether oxygens (including phenoxy) is 1. The van der Waals surface area contributed by atoms with Gasteiger partial charge in [-0.1, -0.05) is 30.3 Å². The largest absolute Gasteiger partial charge is 0.457 e. The highest BCUT2D eigenvalue weighted by Gasteiger charge is 2.19. The predicted molar refractivity (Wildman–Crippen MR) is 142 cm³/mol. The van der Waals surface area contributed by atoms with Crippen molar-refractivity contribution in [3.05, 3.63) is 96.3 Å². The number of primary amides is 1. The van der Waals surface area contributed by atoms with E-state index < -0.39 is 12.1 Å². The lowest BCUT2D eigenvalue weighted by atomic mass is 10.0. The van der Waals surface area contributed by atoms with Crippen molar-refractivity contribution in [1.82, 2.24) is 14.9 Å². The molecule has 1 aromatic heterocycles. The average molecular weight is 496 g/mol. The summed E-state index contributed by atoms with van der Waals surface area (Å²) in [6.45, 7) is 0.981. The van der Waals surface area contributed by atoms with Gasteiger partial charge in [0.1, 0.15) is 17.3 Å². The van der Waals surface area contributed by atoms with Crippen LogP contribution in [0, 0.1) is 0 Å². The molecule has 5 rings (SSSR count). The number of fused-ring (bicyclic) bond motifs is 1. The average Bonchev–Trinajstić information content (AvgIpc) is 3.33. The standard InChI is InChI=1S/C29H29N5O3/c30-29(36)33-26(21-7-6-11-25(17-21)37-24-9-2-1-3-10-24)18-27(35)32-22-14-12-20(13-15-22)28-31-19-23-8-4-5-16-34(23)28/h1-3,6-7,9-15,17,19,26H,4-5,8,16,18H2,(H,32,35)(H3,30,33,36). The Balaban J connectivity index is 1.26. The van der Waals surface area contributed by atoms with E-state index in [1.165, 1.54) is 12.1 Å². The first-order valence-corrected chi connectivity index (χ1v) is 12.4. The van der Waals surface area contributed by atoms with Crippen LogP contribution in [0.25, 0.3) is 11.4 Å². The second kappa shape index (κ2) is 11.0. The van der Waals surface area contributed by atoms with Crippen molar-refractivity contribution in [2.75, 3.05) is 5.32 Å². The third-order valence-electron chi connectivity index (χ3n) is 6.38. The van der Waals surface area contributed by atoms with E-state index in [0.29, 0.717) is 22.7 Å². The number of imidazole rings is 1. The van der Waals surface area contributed by atoms with E-state index in [1.807, 2.05) is 79.0 Å². The van der Waals surface area contributed by atoms with Crippen LogP contribution in [0.1, 0.15) is 36.6 Å². The van der Waals surface area contributed by atoms with Crippen molar-refractivity contribution < 1.29 is 14.3 Å². The number of benzene rings is 3. The van der Waals surface area contributed by atoms with E-state index in [0.717, 1.165) is 30.8 Å². The summed E-state index contributed by atoms with van der Waals surface area (Å²) in [5.41, 5.74) is 9.06. The van der Waals surface area contributed by atoms with Gasteiger partial charge in [-0.3, -0.25) is 4.79 Å². The highest BCUT2D eigenvalue weighted by molar-refractivity contribution is 5.91. The first-order valence-electron chi connectivity index (χ1n) is 12.4. The number of aromatic nitrogens is 2. The Morgan fingerprint density at radius 1 is 0.973 bits per heavy atom. The van der Waals surface area contributed by atoms with Crippen molar-refractivity contribution in [2.45, 2.75) is 38.3 Å². The topological polar surface area (TPSA) is 111 Å². The van der Waals surface area contributed by atoms with Gasteiger partial charge in [0, 0.05) is 29.7 Å². The molecule has 1 aliphatic rings. The third-order valence-corrected chi connectivity index (χ3v) is 6.38.